The van der Waals surface area contributed by atoms with Crippen LogP contribution in [0.4, 0.5) is 0 Å². The first-order valence-corrected chi connectivity index (χ1v) is 5.23. The highest BCUT2D eigenvalue weighted by molar-refractivity contribution is 4.92. The van der Waals surface area contributed by atoms with Crippen molar-refractivity contribution in [1.82, 2.24) is 14.8 Å². The van der Waals surface area contributed by atoms with Gasteiger partial charge < -0.3 is 10.2 Å². The molecule has 0 atom stereocenters. The standard InChI is InChI=1S/C10H19N3O2/c1-3-4-13-9(11-8-12-13)5-10(2,6-14)7-15/h8,14-15H,3-7H2,1-2H3. The molecule has 0 fully saturated rings. The smallest absolute Gasteiger partial charge is 0.138 e. The van der Waals surface area contributed by atoms with E-state index in [9.17, 15) is 10.2 Å². The summed E-state index contributed by atoms with van der Waals surface area (Å²) in [6.45, 7) is 4.62. The van der Waals surface area contributed by atoms with Crippen LogP contribution in [-0.2, 0) is 13.0 Å². The van der Waals surface area contributed by atoms with E-state index in [1.807, 2.05) is 11.6 Å². The summed E-state index contributed by atoms with van der Waals surface area (Å²) in [6, 6.07) is 0. The first-order valence-electron chi connectivity index (χ1n) is 5.23. The molecule has 0 aliphatic heterocycles. The summed E-state index contributed by atoms with van der Waals surface area (Å²) in [5, 5.41) is 22.5. The fourth-order valence-electron chi connectivity index (χ4n) is 1.37. The third kappa shape index (κ3) is 3.00. The normalized spacial score (nSPS) is 12.0. The molecule has 1 heterocycles. The number of hydrogen-bond acceptors (Lipinski definition) is 4. The zero-order valence-electron chi connectivity index (χ0n) is 9.35. The highest BCUT2D eigenvalue weighted by Gasteiger charge is 2.25. The minimum atomic E-state index is -0.515. The van der Waals surface area contributed by atoms with Gasteiger partial charge in [-0.05, 0) is 6.42 Å². The fraction of sp³-hybridized carbons (Fsp3) is 0.800. The van der Waals surface area contributed by atoms with Crippen LogP contribution in [0.15, 0.2) is 6.33 Å². The maximum absolute atomic E-state index is 9.19. The van der Waals surface area contributed by atoms with Gasteiger partial charge in [-0.25, -0.2) is 4.98 Å². The average Bonchev–Trinajstić information content (AvgIpc) is 2.66. The van der Waals surface area contributed by atoms with Gasteiger partial charge in [0, 0.05) is 18.4 Å². The number of aryl methyl sites for hydroxylation is 1. The second kappa shape index (κ2) is 5.23. The second-order valence-corrected chi connectivity index (χ2v) is 4.20. The quantitative estimate of drug-likeness (QED) is 0.709. The van der Waals surface area contributed by atoms with Crippen LogP contribution in [0.1, 0.15) is 26.1 Å². The second-order valence-electron chi connectivity index (χ2n) is 4.20. The zero-order chi connectivity index (χ0) is 11.3. The van der Waals surface area contributed by atoms with Crippen LogP contribution in [0.25, 0.3) is 0 Å². The summed E-state index contributed by atoms with van der Waals surface area (Å²) in [5.74, 6) is 0.822. The van der Waals surface area contributed by atoms with Gasteiger partial charge in [0.15, 0.2) is 0 Å². The molecule has 0 radical (unpaired) electrons. The Morgan fingerprint density at radius 2 is 2.07 bits per heavy atom. The molecule has 5 nitrogen and oxygen atoms in total. The Morgan fingerprint density at radius 3 is 2.60 bits per heavy atom. The van der Waals surface area contributed by atoms with Crippen molar-refractivity contribution in [2.24, 2.45) is 5.41 Å². The van der Waals surface area contributed by atoms with Crippen LogP contribution in [0.3, 0.4) is 0 Å². The van der Waals surface area contributed by atoms with E-state index in [0.29, 0.717) is 6.42 Å². The monoisotopic (exact) mass is 213 g/mol. The van der Waals surface area contributed by atoms with Crippen molar-refractivity contribution in [2.75, 3.05) is 13.2 Å². The summed E-state index contributed by atoms with van der Waals surface area (Å²) in [7, 11) is 0. The van der Waals surface area contributed by atoms with Crippen molar-refractivity contribution in [1.29, 1.82) is 0 Å². The summed E-state index contributed by atoms with van der Waals surface area (Å²) in [6.07, 6.45) is 3.05. The van der Waals surface area contributed by atoms with E-state index in [1.54, 1.807) is 0 Å². The summed E-state index contributed by atoms with van der Waals surface area (Å²) < 4.78 is 1.82. The number of aliphatic hydroxyl groups excluding tert-OH is 2. The predicted molar refractivity (Wildman–Crippen MR) is 56.3 cm³/mol. The van der Waals surface area contributed by atoms with E-state index in [0.717, 1.165) is 18.8 Å². The van der Waals surface area contributed by atoms with E-state index >= 15 is 0 Å². The van der Waals surface area contributed by atoms with Gasteiger partial charge in [0.05, 0.1) is 13.2 Å². The van der Waals surface area contributed by atoms with Crippen LogP contribution in [0, 0.1) is 5.41 Å². The highest BCUT2D eigenvalue weighted by Crippen LogP contribution is 2.19. The summed E-state index contributed by atoms with van der Waals surface area (Å²) >= 11 is 0. The molecule has 15 heavy (non-hydrogen) atoms. The lowest BCUT2D eigenvalue weighted by molar-refractivity contribution is 0.0677. The molecule has 0 unspecified atom stereocenters. The topological polar surface area (TPSA) is 71.2 Å². The SMILES string of the molecule is CCCn1ncnc1CC(C)(CO)CO. The summed E-state index contributed by atoms with van der Waals surface area (Å²) in [4.78, 5) is 4.15. The predicted octanol–water partition coefficient (Wildman–Crippen LogP) is 0.222. The lowest BCUT2D eigenvalue weighted by atomic mass is 9.88. The molecule has 1 aromatic heterocycles. The Morgan fingerprint density at radius 1 is 1.40 bits per heavy atom. The van der Waals surface area contributed by atoms with Crippen LogP contribution >= 0.6 is 0 Å². The van der Waals surface area contributed by atoms with E-state index in [1.165, 1.54) is 6.33 Å². The molecule has 0 aromatic carbocycles. The van der Waals surface area contributed by atoms with Crippen molar-refractivity contribution in [3.8, 4) is 0 Å². The lowest BCUT2D eigenvalue weighted by Gasteiger charge is -2.23. The van der Waals surface area contributed by atoms with Gasteiger partial charge in [-0.15, -0.1) is 0 Å². The number of aliphatic hydroxyl groups is 2. The van der Waals surface area contributed by atoms with Crippen LogP contribution in [-0.4, -0.2) is 38.2 Å². The van der Waals surface area contributed by atoms with Crippen molar-refractivity contribution in [2.45, 2.75) is 33.2 Å². The number of nitrogens with zero attached hydrogens (tertiary/aromatic N) is 3. The zero-order valence-corrected chi connectivity index (χ0v) is 9.35. The Hall–Kier alpha value is -0.940. The van der Waals surface area contributed by atoms with Gasteiger partial charge in [-0.3, -0.25) is 4.68 Å². The molecule has 1 aromatic rings. The molecule has 0 saturated carbocycles. The third-order valence-corrected chi connectivity index (χ3v) is 2.48. The highest BCUT2D eigenvalue weighted by atomic mass is 16.3. The van der Waals surface area contributed by atoms with Crippen LogP contribution < -0.4 is 0 Å². The van der Waals surface area contributed by atoms with Gasteiger partial charge >= 0.3 is 0 Å². The van der Waals surface area contributed by atoms with Gasteiger partial charge in [0.2, 0.25) is 0 Å². The van der Waals surface area contributed by atoms with Crippen molar-refractivity contribution in [3.05, 3.63) is 12.2 Å². The fourth-order valence-corrected chi connectivity index (χ4v) is 1.37. The van der Waals surface area contributed by atoms with Gasteiger partial charge in [-0.1, -0.05) is 13.8 Å². The van der Waals surface area contributed by atoms with Gasteiger partial charge in [-0.2, -0.15) is 5.10 Å². The molecule has 0 amide bonds. The van der Waals surface area contributed by atoms with Crippen molar-refractivity contribution in [3.63, 3.8) is 0 Å². The molecule has 5 heteroatoms. The molecule has 0 bridgehead atoms. The van der Waals surface area contributed by atoms with Gasteiger partial charge in [0.25, 0.3) is 0 Å². The Kier molecular flexibility index (Phi) is 4.23. The molecule has 0 spiro atoms. The molecule has 0 saturated heterocycles. The van der Waals surface area contributed by atoms with E-state index in [4.69, 9.17) is 0 Å². The molecule has 0 aliphatic rings. The van der Waals surface area contributed by atoms with Crippen LogP contribution in [0.5, 0.6) is 0 Å². The Balaban J connectivity index is 2.74. The Labute approximate surface area is 89.8 Å². The maximum Gasteiger partial charge on any atom is 0.138 e. The third-order valence-electron chi connectivity index (χ3n) is 2.48. The number of rotatable bonds is 6. The van der Waals surface area contributed by atoms with Crippen LogP contribution in [0.2, 0.25) is 0 Å². The average molecular weight is 213 g/mol. The first-order chi connectivity index (χ1) is 7.15. The van der Waals surface area contributed by atoms with Gasteiger partial charge in [0.1, 0.15) is 12.2 Å². The first kappa shape index (κ1) is 12.1. The number of aromatic nitrogens is 3. The van der Waals surface area contributed by atoms with E-state index < -0.39 is 5.41 Å². The molecular formula is C10H19N3O2. The Bertz CT molecular complexity index is 295. The number of hydrogen-bond donors (Lipinski definition) is 2. The lowest BCUT2D eigenvalue weighted by Crippen LogP contribution is -2.30. The molecule has 86 valence electrons. The largest absolute Gasteiger partial charge is 0.396 e. The molecular weight excluding hydrogens is 194 g/mol. The van der Waals surface area contributed by atoms with E-state index in [2.05, 4.69) is 17.0 Å². The maximum atomic E-state index is 9.19. The minimum Gasteiger partial charge on any atom is -0.396 e. The van der Waals surface area contributed by atoms with Crippen molar-refractivity contribution >= 4 is 0 Å². The minimum absolute atomic E-state index is 0.0531. The molecule has 1 rings (SSSR count). The molecule has 2 N–H and O–H groups in total. The molecule has 0 aliphatic carbocycles. The summed E-state index contributed by atoms with van der Waals surface area (Å²) in [5.41, 5.74) is -0.515. The van der Waals surface area contributed by atoms with Crippen molar-refractivity contribution < 1.29 is 10.2 Å². The van der Waals surface area contributed by atoms with E-state index in [-0.39, 0.29) is 13.2 Å².